The molecule has 0 aliphatic rings. The summed E-state index contributed by atoms with van der Waals surface area (Å²) in [6.45, 7) is 5.75. The molecule has 1 N–H and O–H groups in total. The highest BCUT2D eigenvalue weighted by Crippen LogP contribution is 2.20. The summed E-state index contributed by atoms with van der Waals surface area (Å²) in [6.07, 6.45) is 7.53. The van der Waals surface area contributed by atoms with E-state index in [0.29, 0.717) is 0 Å². The fourth-order valence-electron chi connectivity index (χ4n) is 1.44. The topological polar surface area (TPSA) is 29.1 Å². The van der Waals surface area contributed by atoms with Crippen molar-refractivity contribution in [1.29, 1.82) is 0 Å². The molecular formula is C15H19NOS. The van der Waals surface area contributed by atoms with Crippen molar-refractivity contribution in [2.75, 3.05) is 0 Å². The van der Waals surface area contributed by atoms with Gasteiger partial charge in [0.05, 0.1) is 5.54 Å². The van der Waals surface area contributed by atoms with Crippen molar-refractivity contribution in [3.8, 4) is 12.3 Å². The number of aryl methyl sites for hydroxylation is 1. The summed E-state index contributed by atoms with van der Waals surface area (Å²) in [5.74, 6) is 2.54. The third-order valence-electron chi connectivity index (χ3n) is 2.45. The number of benzene rings is 1. The summed E-state index contributed by atoms with van der Waals surface area (Å²) in [7, 11) is 0. The molecule has 0 bridgehead atoms. The molecule has 0 aliphatic carbocycles. The molecule has 1 amide bonds. The van der Waals surface area contributed by atoms with Gasteiger partial charge in [0, 0.05) is 4.90 Å². The molecule has 3 heteroatoms. The predicted molar refractivity (Wildman–Crippen MR) is 77.7 cm³/mol. The first kappa shape index (κ1) is 14.7. The van der Waals surface area contributed by atoms with E-state index in [-0.39, 0.29) is 5.24 Å². The molecule has 18 heavy (non-hydrogen) atoms. The number of carbonyl (C=O) groups is 1. The number of terminal acetylenes is 1. The molecule has 0 unspecified atom stereocenters. The number of hydrogen-bond acceptors (Lipinski definition) is 2. The summed E-state index contributed by atoms with van der Waals surface area (Å²) in [5, 5.41) is 2.66. The molecule has 1 aromatic rings. The fourth-order valence-corrected chi connectivity index (χ4v) is 2.23. The highest BCUT2D eigenvalue weighted by Gasteiger charge is 2.17. The van der Waals surface area contributed by atoms with Crippen molar-refractivity contribution in [3.63, 3.8) is 0 Å². The molecule has 1 aromatic carbocycles. The van der Waals surface area contributed by atoms with Crippen LogP contribution in [0.2, 0.25) is 0 Å². The molecule has 0 heterocycles. The average molecular weight is 261 g/mol. The van der Waals surface area contributed by atoms with Crippen LogP contribution in [0.4, 0.5) is 4.79 Å². The Morgan fingerprint density at radius 1 is 1.39 bits per heavy atom. The third-order valence-corrected chi connectivity index (χ3v) is 3.24. The first-order chi connectivity index (χ1) is 8.46. The Morgan fingerprint density at radius 3 is 2.50 bits per heavy atom. The quantitative estimate of drug-likeness (QED) is 0.659. The van der Waals surface area contributed by atoms with Crippen LogP contribution in [0.25, 0.3) is 0 Å². The Kier molecular flexibility index (Phi) is 5.30. The van der Waals surface area contributed by atoms with Crippen LogP contribution in [0.1, 0.15) is 32.8 Å². The van der Waals surface area contributed by atoms with Crippen molar-refractivity contribution in [2.24, 2.45) is 0 Å². The second-order valence-electron chi connectivity index (χ2n) is 4.68. The van der Waals surface area contributed by atoms with E-state index < -0.39 is 5.54 Å². The van der Waals surface area contributed by atoms with Gasteiger partial charge >= 0.3 is 0 Å². The van der Waals surface area contributed by atoms with Crippen LogP contribution in [0, 0.1) is 12.3 Å². The van der Waals surface area contributed by atoms with E-state index in [1.165, 1.54) is 17.3 Å². The summed E-state index contributed by atoms with van der Waals surface area (Å²) >= 11 is 1.17. The molecule has 0 radical (unpaired) electrons. The second kappa shape index (κ2) is 6.51. The standard InChI is InChI=1S/C15H19NOS/c1-5-7-12-8-10-13(11-9-12)18-14(17)16-15(3,4)6-2/h2,8-11H,5,7H2,1,3-4H3,(H,16,17). The van der Waals surface area contributed by atoms with E-state index >= 15 is 0 Å². The summed E-state index contributed by atoms with van der Waals surface area (Å²) < 4.78 is 0. The molecular weight excluding hydrogens is 242 g/mol. The Labute approximate surface area is 114 Å². The minimum Gasteiger partial charge on any atom is -0.331 e. The molecule has 0 spiro atoms. The molecule has 0 saturated heterocycles. The highest BCUT2D eigenvalue weighted by atomic mass is 32.2. The van der Waals surface area contributed by atoms with Gasteiger partial charge in [-0.25, -0.2) is 0 Å². The van der Waals surface area contributed by atoms with Gasteiger partial charge in [-0.3, -0.25) is 4.79 Å². The van der Waals surface area contributed by atoms with Crippen molar-refractivity contribution >= 4 is 17.0 Å². The van der Waals surface area contributed by atoms with Gasteiger partial charge < -0.3 is 5.32 Å². The molecule has 0 saturated carbocycles. The normalized spacial score (nSPS) is 10.8. The minimum absolute atomic E-state index is 0.124. The molecule has 0 aliphatic heterocycles. The average Bonchev–Trinajstić information content (AvgIpc) is 2.31. The summed E-state index contributed by atoms with van der Waals surface area (Å²) in [5.41, 5.74) is 0.692. The lowest BCUT2D eigenvalue weighted by atomic mass is 10.1. The first-order valence-electron chi connectivity index (χ1n) is 6.03. The Bertz CT molecular complexity index is 443. The number of amides is 1. The zero-order chi connectivity index (χ0) is 13.6. The maximum absolute atomic E-state index is 11.8. The van der Waals surface area contributed by atoms with Crippen LogP contribution < -0.4 is 5.32 Å². The Balaban J connectivity index is 2.58. The molecule has 0 fully saturated rings. The zero-order valence-corrected chi connectivity index (χ0v) is 11.9. The molecule has 1 rings (SSSR count). The number of rotatable bonds is 4. The van der Waals surface area contributed by atoms with E-state index in [0.717, 1.165) is 17.7 Å². The third kappa shape index (κ3) is 4.85. The number of carbonyl (C=O) groups excluding carboxylic acids is 1. The minimum atomic E-state index is -0.605. The predicted octanol–water partition coefficient (Wildman–Crippen LogP) is 3.85. The zero-order valence-electron chi connectivity index (χ0n) is 11.1. The van der Waals surface area contributed by atoms with Gasteiger partial charge in [0.1, 0.15) is 0 Å². The number of nitrogens with one attached hydrogen (secondary N) is 1. The lowest BCUT2D eigenvalue weighted by Gasteiger charge is -2.18. The Hall–Kier alpha value is -1.40. The van der Waals surface area contributed by atoms with E-state index in [4.69, 9.17) is 6.42 Å². The molecule has 96 valence electrons. The van der Waals surface area contributed by atoms with Gasteiger partial charge in [-0.15, -0.1) is 6.42 Å². The van der Waals surface area contributed by atoms with Crippen molar-refractivity contribution in [2.45, 2.75) is 44.0 Å². The van der Waals surface area contributed by atoms with Gasteiger partial charge in [-0.1, -0.05) is 31.4 Å². The lowest BCUT2D eigenvalue weighted by Crippen LogP contribution is -2.39. The van der Waals surface area contributed by atoms with E-state index in [1.54, 1.807) is 13.8 Å². The largest absolute Gasteiger partial charge is 0.331 e. The van der Waals surface area contributed by atoms with Crippen LogP contribution in [0.15, 0.2) is 29.2 Å². The molecule has 2 nitrogen and oxygen atoms in total. The first-order valence-corrected chi connectivity index (χ1v) is 6.85. The van der Waals surface area contributed by atoms with Crippen LogP contribution in [0.3, 0.4) is 0 Å². The summed E-state index contributed by atoms with van der Waals surface area (Å²) in [6, 6.07) is 8.06. The van der Waals surface area contributed by atoms with Crippen LogP contribution in [-0.4, -0.2) is 10.8 Å². The lowest BCUT2D eigenvalue weighted by molar-refractivity contribution is 0.256. The van der Waals surface area contributed by atoms with Crippen LogP contribution >= 0.6 is 11.8 Å². The maximum Gasteiger partial charge on any atom is 0.285 e. The smallest absolute Gasteiger partial charge is 0.285 e. The molecule has 0 aromatic heterocycles. The van der Waals surface area contributed by atoms with Crippen molar-refractivity contribution < 1.29 is 4.79 Å². The van der Waals surface area contributed by atoms with E-state index in [9.17, 15) is 4.79 Å². The Morgan fingerprint density at radius 2 is 2.00 bits per heavy atom. The SMILES string of the molecule is C#CC(C)(C)NC(=O)Sc1ccc(CCC)cc1. The van der Waals surface area contributed by atoms with Gasteiger partial charge in [0.2, 0.25) is 0 Å². The van der Waals surface area contributed by atoms with Gasteiger partial charge in [-0.05, 0) is 49.7 Å². The van der Waals surface area contributed by atoms with Crippen molar-refractivity contribution in [1.82, 2.24) is 5.32 Å². The maximum atomic E-state index is 11.8. The number of thioether (sulfide) groups is 1. The fraction of sp³-hybridized carbons (Fsp3) is 0.400. The molecule has 0 atom stereocenters. The van der Waals surface area contributed by atoms with Crippen LogP contribution in [-0.2, 0) is 6.42 Å². The van der Waals surface area contributed by atoms with Gasteiger partial charge in [-0.2, -0.15) is 0 Å². The van der Waals surface area contributed by atoms with E-state index in [2.05, 4.69) is 30.3 Å². The van der Waals surface area contributed by atoms with Gasteiger partial charge in [0.15, 0.2) is 0 Å². The second-order valence-corrected chi connectivity index (χ2v) is 5.72. The monoisotopic (exact) mass is 261 g/mol. The number of hydrogen-bond donors (Lipinski definition) is 1. The van der Waals surface area contributed by atoms with Crippen LogP contribution in [0.5, 0.6) is 0 Å². The van der Waals surface area contributed by atoms with Gasteiger partial charge in [0.25, 0.3) is 5.24 Å². The summed E-state index contributed by atoms with van der Waals surface area (Å²) in [4.78, 5) is 12.7. The van der Waals surface area contributed by atoms with Crippen molar-refractivity contribution in [3.05, 3.63) is 29.8 Å². The van der Waals surface area contributed by atoms with E-state index in [1.807, 2.05) is 12.1 Å². The highest BCUT2D eigenvalue weighted by molar-refractivity contribution is 8.13.